The van der Waals surface area contributed by atoms with Gasteiger partial charge in [0.15, 0.2) is 11.4 Å². The molecular formula is C24H26N4O. The summed E-state index contributed by atoms with van der Waals surface area (Å²) < 4.78 is 6.20. The fourth-order valence-corrected chi connectivity index (χ4v) is 4.23. The van der Waals surface area contributed by atoms with Gasteiger partial charge in [-0.15, -0.1) is 0 Å². The van der Waals surface area contributed by atoms with Crippen molar-refractivity contribution in [2.24, 2.45) is 0 Å². The third-order valence-corrected chi connectivity index (χ3v) is 6.06. The van der Waals surface area contributed by atoms with E-state index < -0.39 is 0 Å². The molecule has 0 amide bonds. The minimum atomic E-state index is 0.809. The van der Waals surface area contributed by atoms with E-state index in [1.807, 2.05) is 18.2 Å². The van der Waals surface area contributed by atoms with Gasteiger partial charge < -0.3 is 14.2 Å². The Morgan fingerprint density at radius 1 is 0.897 bits per heavy atom. The summed E-state index contributed by atoms with van der Waals surface area (Å²) in [6.45, 7) is 10.3. The van der Waals surface area contributed by atoms with Gasteiger partial charge in [0.25, 0.3) is 0 Å². The van der Waals surface area contributed by atoms with Crippen LogP contribution in [-0.4, -0.2) is 36.1 Å². The van der Waals surface area contributed by atoms with E-state index in [4.69, 9.17) is 14.4 Å². The Kier molecular flexibility index (Phi) is 4.38. The number of fused-ring (bicyclic) bond motifs is 3. The lowest BCUT2D eigenvalue weighted by atomic mass is 10.1. The van der Waals surface area contributed by atoms with Crippen LogP contribution in [0.5, 0.6) is 0 Å². The van der Waals surface area contributed by atoms with Crippen molar-refractivity contribution in [2.75, 3.05) is 36.0 Å². The van der Waals surface area contributed by atoms with Crippen molar-refractivity contribution < 1.29 is 4.42 Å². The molecule has 0 radical (unpaired) electrons. The largest absolute Gasteiger partial charge is 0.450 e. The van der Waals surface area contributed by atoms with Gasteiger partial charge in [0.2, 0.25) is 0 Å². The van der Waals surface area contributed by atoms with Gasteiger partial charge >= 0.3 is 0 Å². The molecule has 0 bridgehead atoms. The highest BCUT2D eigenvalue weighted by Gasteiger charge is 2.24. The van der Waals surface area contributed by atoms with E-state index in [0.29, 0.717) is 0 Å². The molecule has 0 N–H and O–H groups in total. The van der Waals surface area contributed by atoms with Gasteiger partial charge in [0.05, 0.1) is 0 Å². The number of hydrogen-bond acceptors (Lipinski definition) is 5. The topological polar surface area (TPSA) is 45.4 Å². The van der Waals surface area contributed by atoms with Crippen LogP contribution in [-0.2, 0) is 6.42 Å². The number of piperazine rings is 1. The zero-order chi connectivity index (χ0) is 20.0. The number of para-hydroxylation sites is 1. The molecule has 5 heteroatoms. The third kappa shape index (κ3) is 3.01. The Balaban J connectivity index is 1.49. The second kappa shape index (κ2) is 7.07. The van der Waals surface area contributed by atoms with Crippen LogP contribution in [0.4, 0.5) is 11.5 Å². The summed E-state index contributed by atoms with van der Waals surface area (Å²) in [7, 11) is 0. The molecule has 2 aromatic heterocycles. The minimum absolute atomic E-state index is 0.809. The van der Waals surface area contributed by atoms with Gasteiger partial charge in [-0.05, 0) is 43.2 Å². The molecule has 3 heterocycles. The number of benzene rings is 2. The van der Waals surface area contributed by atoms with E-state index in [-0.39, 0.29) is 0 Å². The molecule has 2 aromatic carbocycles. The van der Waals surface area contributed by atoms with E-state index in [0.717, 1.165) is 66.3 Å². The molecule has 4 aromatic rings. The maximum absolute atomic E-state index is 6.20. The molecule has 0 aliphatic carbocycles. The maximum Gasteiger partial charge on any atom is 0.196 e. The number of aryl methyl sites for hydroxylation is 2. The minimum Gasteiger partial charge on any atom is -0.450 e. The summed E-state index contributed by atoms with van der Waals surface area (Å²) >= 11 is 0. The quantitative estimate of drug-likeness (QED) is 0.502. The van der Waals surface area contributed by atoms with E-state index in [2.05, 4.69) is 54.8 Å². The molecule has 1 saturated heterocycles. The molecule has 5 rings (SSSR count). The monoisotopic (exact) mass is 386 g/mol. The second-order valence-corrected chi connectivity index (χ2v) is 7.79. The van der Waals surface area contributed by atoms with E-state index in [9.17, 15) is 0 Å². The smallest absolute Gasteiger partial charge is 0.196 e. The van der Waals surface area contributed by atoms with E-state index >= 15 is 0 Å². The average Bonchev–Trinajstić information content (AvgIpc) is 3.14. The zero-order valence-electron chi connectivity index (χ0n) is 17.3. The van der Waals surface area contributed by atoms with Crippen molar-refractivity contribution >= 4 is 33.6 Å². The molecule has 29 heavy (non-hydrogen) atoms. The van der Waals surface area contributed by atoms with Crippen LogP contribution in [0.15, 0.2) is 46.9 Å². The van der Waals surface area contributed by atoms with Gasteiger partial charge in [-0.1, -0.05) is 31.2 Å². The number of furan rings is 1. The Morgan fingerprint density at radius 3 is 2.45 bits per heavy atom. The third-order valence-electron chi connectivity index (χ3n) is 6.06. The van der Waals surface area contributed by atoms with Gasteiger partial charge in [-0.25, -0.2) is 9.97 Å². The van der Waals surface area contributed by atoms with E-state index in [1.165, 1.54) is 16.8 Å². The lowest BCUT2D eigenvalue weighted by Crippen LogP contribution is -2.47. The summed E-state index contributed by atoms with van der Waals surface area (Å²) in [6.07, 6.45) is 0.810. The molecule has 5 nitrogen and oxygen atoms in total. The first-order chi connectivity index (χ1) is 14.2. The van der Waals surface area contributed by atoms with Crippen molar-refractivity contribution in [3.05, 3.63) is 59.4 Å². The van der Waals surface area contributed by atoms with Crippen molar-refractivity contribution in [1.29, 1.82) is 0 Å². The molecule has 148 valence electrons. The molecule has 1 fully saturated rings. The van der Waals surface area contributed by atoms with Crippen molar-refractivity contribution in [1.82, 2.24) is 9.97 Å². The van der Waals surface area contributed by atoms with Gasteiger partial charge in [0.1, 0.15) is 16.9 Å². The van der Waals surface area contributed by atoms with E-state index in [1.54, 1.807) is 0 Å². The van der Waals surface area contributed by atoms with Gasteiger partial charge in [-0.3, -0.25) is 0 Å². The summed E-state index contributed by atoms with van der Waals surface area (Å²) in [6, 6.07) is 14.7. The molecule has 0 atom stereocenters. The fourth-order valence-electron chi connectivity index (χ4n) is 4.23. The predicted molar refractivity (Wildman–Crippen MR) is 119 cm³/mol. The average molecular weight is 386 g/mol. The normalized spacial score (nSPS) is 14.9. The van der Waals surface area contributed by atoms with Crippen LogP contribution < -0.4 is 9.80 Å². The zero-order valence-corrected chi connectivity index (χ0v) is 17.3. The van der Waals surface area contributed by atoms with Crippen LogP contribution >= 0.6 is 0 Å². The first-order valence-corrected chi connectivity index (χ1v) is 10.4. The number of anilines is 2. The lowest BCUT2D eigenvalue weighted by Gasteiger charge is -2.37. The lowest BCUT2D eigenvalue weighted by molar-refractivity contribution is 0.626. The SMILES string of the molecule is CCc1nc(N2CCN(c3cccc(C)c3C)CC2)c2oc3ccccc3c2n1. The van der Waals surface area contributed by atoms with Gasteiger partial charge in [0, 0.05) is 43.7 Å². The number of nitrogens with zero attached hydrogens (tertiary/aromatic N) is 4. The predicted octanol–water partition coefficient (Wildman–Crippen LogP) is 4.88. The van der Waals surface area contributed by atoms with Crippen LogP contribution in [0.1, 0.15) is 23.9 Å². The Hall–Kier alpha value is -3.08. The molecular weight excluding hydrogens is 360 g/mol. The summed E-state index contributed by atoms with van der Waals surface area (Å²) in [4.78, 5) is 14.5. The Bertz CT molecular complexity index is 1190. The standard InChI is InChI=1S/C24H26N4O/c1-4-21-25-22-18-9-5-6-11-20(18)29-23(22)24(26-21)28-14-12-27(13-15-28)19-10-7-8-16(2)17(19)3/h5-11H,4,12-15H2,1-3H3. The van der Waals surface area contributed by atoms with Crippen LogP contribution in [0.2, 0.25) is 0 Å². The first kappa shape index (κ1) is 18.0. The number of aromatic nitrogens is 2. The Labute approximate surface area is 171 Å². The highest BCUT2D eigenvalue weighted by molar-refractivity contribution is 6.05. The van der Waals surface area contributed by atoms with Crippen LogP contribution in [0.25, 0.3) is 22.1 Å². The molecule has 0 unspecified atom stereocenters. The van der Waals surface area contributed by atoms with Crippen LogP contribution in [0, 0.1) is 13.8 Å². The Morgan fingerprint density at radius 2 is 1.66 bits per heavy atom. The molecule has 0 spiro atoms. The summed E-state index contributed by atoms with van der Waals surface area (Å²) in [5.74, 6) is 1.81. The second-order valence-electron chi connectivity index (χ2n) is 7.79. The highest BCUT2D eigenvalue weighted by atomic mass is 16.3. The number of rotatable bonds is 3. The van der Waals surface area contributed by atoms with Crippen molar-refractivity contribution in [2.45, 2.75) is 27.2 Å². The molecule has 1 aliphatic heterocycles. The summed E-state index contributed by atoms with van der Waals surface area (Å²) in [5, 5.41) is 1.06. The van der Waals surface area contributed by atoms with Crippen LogP contribution in [0.3, 0.4) is 0 Å². The molecule has 0 saturated carbocycles. The molecule has 1 aliphatic rings. The van der Waals surface area contributed by atoms with Crippen molar-refractivity contribution in [3.63, 3.8) is 0 Å². The fraction of sp³-hybridized carbons (Fsp3) is 0.333. The van der Waals surface area contributed by atoms with Crippen molar-refractivity contribution in [3.8, 4) is 0 Å². The highest BCUT2D eigenvalue weighted by Crippen LogP contribution is 2.34. The summed E-state index contributed by atoms with van der Waals surface area (Å²) in [5.41, 5.74) is 6.67. The first-order valence-electron chi connectivity index (χ1n) is 10.4. The van der Waals surface area contributed by atoms with Gasteiger partial charge in [-0.2, -0.15) is 0 Å². The maximum atomic E-state index is 6.20. The number of hydrogen-bond donors (Lipinski definition) is 0.